The van der Waals surface area contributed by atoms with Crippen molar-refractivity contribution < 1.29 is 40.6 Å². The second-order valence-electron chi connectivity index (χ2n) is 7.47. The van der Waals surface area contributed by atoms with Gasteiger partial charge in [0.25, 0.3) is 0 Å². The molecular formula is C20H21F4N3O5S. The number of nitrogens with one attached hydrogen (secondary N) is 1. The number of aliphatic carboxylic acids is 1. The molecule has 2 fully saturated rings. The summed E-state index contributed by atoms with van der Waals surface area (Å²) in [6.45, 7) is 2.05. The quantitative estimate of drug-likeness (QED) is 0.619. The number of pyridine rings is 1. The molecule has 0 amide bonds. The second kappa shape index (κ2) is 10.0. The van der Waals surface area contributed by atoms with Crippen molar-refractivity contribution in [3.05, 3.63) is 54.5 Å². The van der Waals surface area contributed by atoms with E-state index in [1.807, 2.05) is 18.2 Å². The summed E-state index contributed by atoms with van der Waals surface area (Å²) in [6.07, 6.45) is -3.45. The Bertz CT molecular complexity index is 1050. The molecule has 3 atom stereocenters. The number of nitrogens with zero attached hydrogens (tertiary/aromatic N) is 2. The lowest BCUT2D eigenvalue weighted by Crippen LogP contribution is -2.32. The molecule has 3 heterocycles. The summed E-state index contributed by atoms with van der Waals surface area (Å²) >= 11 is 0. The van der Waals surface area contributed by atoms with Crippen LogP contribution >= 0.6 is 0 Å². The van der Waals surface area contributed by atoms with Gasteiger partial charge in [-0.1, -0.05) is 6.07 Å². The van der Waals surface area contributed by atoms with E-state index in [2.05, 4.69) is 10.3 Å². The van der Waals surface area contributed by atoms with Crippen LogP contribution in [0.5, 0.6) is 0 Å². The minimum absolute atomic E-state index is 0.0965. The highest BCUT2D eigenvalue weighted by Crippen LogP contribution is 2.36. The third kappa shape index (κ3) is 6.18. The minimum Gasteiger partial charge on any atom is -0.475 e. The van der Waals surface area contributed by atoms with Crippen LogP contribution in [0.3, 0.4) is 0 Å². The highest BCUT2D eigenvalue weighted by atomic mass is 32.2. The topological polar surface area (TPSA) is 109 Å². The molecule has 0 radical (unpaired) electrons. The number of halogens is 4. The first-order chi connectivity index (χ1) is 15.5. The number of carbonyl (C=O) groups is 1. The number of alkyl halides is 3. The molecule has 2 N–H and O–H groups in total. The standard InChI is InChI=1S/C18H20FN3O3S.C2HF3O2/c19-14-4-6-15(7-5-14)26(23,24)22-10-16-13(12-25-17(16)11-22)9-21-18-3-1-2-8-20-18;3-2(4,5)1(6)7/h1-8,13,16-17H,9-12H2,(H,20,21);(H,6,7)/t13-,16+,17+;/m0./s1. The summed E-state index contributed by atoms with van der Waals surface area (Å²) in [4.78, 5) is 13.2. The van der Waals surface area contributed by atoms with Crippen molar-refractivity contribution in [2.24, 2.45) is 11.8 Å². The molecule has 1 aromatic carbocycles. The van der Waals surface area contributed by atoms with Gasteiger partial charge < -0.3 is 15.2 Å². The molecule has 0 unspecified atom stereocenters. The average Bonchev–Trinajstić information content (AvgIpc) is 3.35. The highest BCUT2D eigenvalue weighted by molar-refractivity contribution is 7.89. The van der Waals surface area contributed by atoms with Crippen molar-refractivity contribution in [1.29, 1.82) is 0 Å². The van der Waals surface area contributed by atoms with Gasteiger partial charge >= 0.3 is 12.1 Å². The van der Waals surface area contributed by atoms with E-state index in [4.69, 9.17) is 14.6 Å². The van der Waals surface area contributed by atoms with E-state index in [1.54, 1.807) is 6.20 Å². The first kappa shape index (κ1) is 24.9. The predicted octanol–water partition coefficient (Wildman–Crippen LogP) is 2.60. The molecule has 8 nitrogen and oxygen atoms in total. The summed E-state index contributed by atoms with van der Waals surface area (Å²) in [5.74, 6) is -2.06. The number of carboxylic acids is 1. The number of hydrogen-bond acceptors (Lipinski definition) is 6. The Kier molecular flexibility index (Phi) is 7.55. The normalized spacial score (nSPS) is 22.8. The number of hydrogen-bond donors (Lipinski definition) is 2. The Balaban J connectivity index is 0.000000383. The zero-order valence-corrected chi connectivity index (χ0v) is 17.9. The van der Waals surface area contributed by atoms with Gasteiger partial charge in [0.05, 0.1) is 17.6 Å². The summed E-state index contributed by atoms with van der Waals surface area (Å²) < 4.78 is 77.7. The fourth-order valence-electron chi connectivity index (χ4n) is 3.63. The maximum absolute atomic E-state index is 13.1. The number of carboxylic acid groups (broad SMARTS) is 1. The molecule has 1 aromatic heterocycles. The fraction of sp³-hybridized carbons (Fsp3) is 0.400. The van der Waals surface area contributed by atoms with Crippen molar-refractivity contribution in [3.63, 3.8) is 0 Å². The van der Waals surface area contributed by atoms with Crippen molar-refractivity contribution >= 4 is 21.8 Å². The molecule has 2 aliphatic rings. The van der Waals surface area contributed by atoms with Gasteiger partial charge in [-0.3, -0.25) is 0 Å². The smallest absolute Gasteiger partial charge is 0.475 e. The van der Waals surface area contributed by atoms with Crippen LogP contribution in [0, 0.1) is 17.7 Å². The second-order valence-corrected chi connectivity index (χ2v) is 9.41. The number of anilines is 1. The monoisotopic (exact) mass is 491 g/mol. The van der Waals surface area contributed by atoms with E-state index in [0.29, 0.717) is 26.2 Å². The van der Waals surface area contributed by atoms with E-state index in [0.717, 1.165) is 5.82 Å². The van der Waals surface area contributed by atoms with E-state index in [9.17, 15) is 26.0 Å². The molecule has 180 valence electrons. The molecule has 2 saturated heterocycles. The first-order valence-electron chi connectivity index (χ1n) is 9.81. The number of fused-ring (bicyclic) bond motifs is 1. The lowest BCUT2D eigenvalue weighted by Gasteiger charge is -2.20. The fourth-order valence-corrected chi connectivity index (χ4v) is 5.12. The zero-order valence-electron chi connectivity index (χ0n) is 17.1. The Morgan fingerprint density at radius 3 is 2.42 bits per heavy atom. The predicted molar refractivity (Wildman–Crippen MR) is 108 cm³/mol. The van der Waals surface area contributed by atoms with Crippen LogP contribution in [0.4, 0.5) is 23.4 Å². The van der Waals surface area contributed by atoms with Crippen molar-refractivity contribution in [2.45, 2.75) is 17.2 Å². The molecule has 2 aromatic rings. The van der Waals surface area contributed by atoms with E-state index in [-0.39, 0.29) is 22.8 Å². The molecule has 0 saturated carbocycles. The number of benzene rings is 1. The molecule has 0 aliphatic carbocycles. The van der Waals surface area contributed by atoms with Crippen LogP contribution in [0.25, 0.3) is 0 Å². The highest BCUT2D eigenvalue weighted by Gasteiger charge is 2.47. The SMILES string of the molecule is O=C(O)C(F)(F)F.O=S(=O)(c1ccc(F)cc1)N1C[C@@H]2[C@@H](CNc3ccccn3)CO[C@@H]2C1. The van der Waals surface area contributed by atoms with Crippen LogP contribution in [-0.2, 0) is 19.6 Å². The lowest BCUT2D eigenvalue weighted by atomic mass is 9.93. The molecule has 13 heteroatoms. The number of rotatable bonds is 5. The molecule has 2 aliphatic heterocycles. The first-order valence-corrected chi connectivity index (χ1v) is 11.2. The van der Waals surface area contributed by atoms with Crippen molar-refractivity contribution in [1.82, 2.24) is 9.29 Å². The average molecular weight is 491 g/mol. The van der Waals surface area contributed by atoms with Crippen LogP contribution in [0.2, 0.25) is 0 Å². The van der Waals surface area contributed by atoms with Gasteiger partial charge in [0.2, 0.25) is 10.0 Å². The maximum Gasteiger partial charge on any atom is 0.490 e. The summed E-state index contributed by atoms with van der Waals surface area (Å²) in [5, 5.41) is 10.4. The Hall–Kier alpha value is -2.77. The van der Waals surface area contributed by atoms with Gasteiger partial charge in [-0.05, 0) is 36.4 Å². The molecule has 4 rings (SSSR count). The van der Waals surface area contributed by atoms with Crippen LogP contribution < -0.4 is 5.32 Å². The van der Waals surface area contributed by atoms with Gasteiger partial charge in [-0.25, -0.2) is 22.6 Å². The molecule has 0 spiro atoms. The number of aromatic nitrogens is 1. The third-order valence-corrected chi connectivity index (χ3v) is 7.16. The zero-order chi connectivity index (χ0) is 24.2. The van der Waals surface area contributed by atoms with Gasteiger partial charge in [0.1, 0.15) is 11.6 Å². The Morgan fingerprint density at radius 1 is 1.18 bits per heavy atom. The molecule has 33 heavy (non-hydrogen) atoms. The lowest BCUT2D eigenvalue weighted by molar-refractivity contribution is -0.192. The van der Waals surface area contributed by atoms with E-state index >= 15 is 0 Å². The molecule has 0 bridgehead atoms. The third-order valence-electron chi connectivity index (χ3n) is 5.31. The van der Waals surface area contributed by atoms with Crippen molar-refractivity contribution in [2.75, 3.05) is 31.6 Å². The summed E-state index contributed by atoms with van der Waals surface area (Å²) in [6, 6.07) is 10.6. The van der Waals surface area contributed by atoms with Gasteiger partial charge in [0.15, 0.2) is 0 Å². The van der Waals surface area contributed by atoms with Gasteiger partial charge in [-0.15, -0.1) is 0 Å². The van der Waals surface area contributed by atoms with Crippen molar-refractivity contribution in [3.8, 4) is 0 Å². The largest absolute Gasteiger partial charge is 0.490 e. The van der Waals surface area contributed by atoms with E-state index in [1.165, 1.54) is 28.6 Å². The van der Waals surface area contributed by atoms with Crippen LogP contribution in [-0.4, -0.2) is 67.3 Å². The minimum atomic E-state index is -5.08. The van der Waals surface area contributed by atoms with E-state index < -0.39 is 28.0 Å². The number of sulfonamides is 1. The number of ether oxygens (including phenoxy) is 1. The molecular weight excluding hydrogens is 470 g/mol. The summed E-state index contributed by atoms with van der Waals surface area (Å²) in [7, 11) is -3.63. The Labute approximate surface area is 187 Å². The van der Waals surface area contributed by atoms with Gasteiger partial charge in [0, 0.05) is 37.7 Å². The summed E-state index contributed by atoms with van der Waals surface area (Å²) in [5.41, 5.74) is 0. The Morgan fingerprint density at radius 2 is 1.85 bits per heavy atom. The van der Waals surface area contributed by atoms with Crippen LogP contribution in [0.1, 0.15) is 0 Å². The van der Waals surface area contributed by atoms with Crippen LogP contribution in [0.15, 0.2) is 53.6 Å². The van der Waals surface area contributed by atoms with Gasteiger partial charge in [-0.2, -0.15) is 17.5 Å². The maximum atomic E-state index is 13.1.